The quantitative estimate of drug-likeness (QED) is 0.646. The first-order valence-corrected chi connectivity index (χ1v) is 7.41. The third-order valence-electron chi connectivity index (χ3n) is 2.40. The van der Waals surface area contributed by atoms with Crippen LogP contribution in [0.1, 0.15) is 13.3 Å². The summed E-state index contributed by atoms with van der Waals surface area (Å²) in [5.41, 5.74) is 5.88. The molecule has 2 N–H and O–H groups in total. The molecule has 0 aliphatic carbocycles. The summed E-state index contributed by atoms with van der Waals surface area (Å²) < 4.78 is 26.1. The summed E-state index contributed by atoms with van der Waals surface area (Å²) in [6.45, 7) is 6.17. The number of halogens is 1. The molecule has 6 heteroatoms. The van der Waals surface area contributed by atoms with E-state index in [0.717, 1.165) is 6.42 Å². The molecule has 100 valence electrons. The summed E-state index contributed by atoms with van der Waals surface area (Å²) in [6, 6.07) is 4.38. The molecule has 0 spiro atoms. The topological polar surface area (TPSA) is 63.4 Å². The second-order valence-electron chi connectivity index (χ2n) is 3.83. The van der Waals surface area contributed by atoms with E-state index < -0.39 is 10.0 Å². The fourth-order valence-electron chi connectivity index (χ4n) is 1.60. The summed E-state index contributed by atoms with van der Waals surface area (Å²) >= 11 is 5.76. The van der Waals surface area contributed by atoms with E-state index in [0.29, 0.717) is 11.6 Å². The Labute approximate surface area is 113 Å². The molecule has 0 aliphatic heterocycles. The second-order valence-corrected chi connectivity index (χ2v) is 6.18. The minimum absolute atomic E-state index is 0.0854. The molecule has 0 unspecified atom stereocenters. The van der Waals surface area contributed by atoms with Crippen LogP contribution in [-0.4, -0.2) is 25.8 Å². The Hall–Kier alpha value is -1.04. The van der Waals surface area contributed by atoms with Crippen molar-refractivity contribution >= 4 is 27.3 Å². The van der Waals surface area contributed by atoms with Crippen molar-refractivity contribution in [2.75, 3.05) is 18.8 Å². The van der Waals surface area contributed by atoms with Crippen LogP contribution >= 0.6 is 11.6 Å². The van der Waals surface area contributed by atoms with Crippen LogP contribution in [0.5, 0.6) is 0 Å². The van der Waals surface area contributed by atoms with Gasteiger partial charge in [-0.25, -0.2) is 8.42 Å². The van der Waals surface area contributed by atoms with E-state index in [1.54, 1.807) is 6.08 Å². The van der Waals surface area contributed by atoms with Gasteiger partial charge in [-0.3, -0.25) is 0 Å². The number of rotatable bonds is 6. The van der Waals surface area contributed by atoms with E-state index >= 15 is 0 Å². The van der Waals surface area contributed by atoms with E-state index in [1.165, 1.54) is 22.5 Å². The number of nitrogens with zero attached hydrogens (tertiary/aromatic N) is 1. The SMILES string of the molecule is C=CCN(CCC)S(=O)(=O)c1ccc(Cl)cc1N. The Morgan fingerprint density at radius 2 is 2.17 bits per heavy atom. The van der Waals surface area contributed by atoms with Gasteiger partial charge in [0.15, 0.2) is 0 Å². The highest BCUT2D eigenvalue weighted by Crippen LogP contribution is 2.25. The standard InChI is InChI=1S/C12H17ClN2O2S/c1-3-7-15(8-4-2)18(16,17)12-6-5-10(13)9-11(12)14/h3,5-6,9H,1,4,7-8,14H2,2H3. The molecule has 4 nitrogen and oxygen atoms in total. The van der Waals surface area contributed by atoms with Gasteiger partial charge in [-0.05, 0) is 24.6 Å². The smallest absolute Gasteiger partial charge is 0.245 e. The molecule has 0 amide bonds. The van der Waals surface area contributed by atoms with Crippen molar-refractivity contribution in [2.24, 2.45) is 0 Å². The molecule has 0 heterocycles. The molecular weight excluding hydrogens is 272 g/mol. The summed E-state index contributed by atoms with van der Waals surface area (Å²) in [7, 11) is -3.59. The maximum absolute atomic E-state index is 12.4. The summed E-state index contributed by atoms with van der Waals surface area (Å²) in [5, 5.41) is 0.414. The van der Waals surface area contributed by atoms with Crippen molar-refractivity contribution in [3.05, 3.63) is 35.9 Å². The predicted octanol–water partition coefficient (Wildman–Crippen LogP) is 2.51. The molecule has 1 rings (SSSR count). The fraction of sp³-hybridized carbons (Fsp3) is 0.333. The fourth-order valence-corrected chi connectivity index (χ4v) is 3.38. The van der Waals surface area contributed by atoms with Gasteiger partial charge >= 0.3 is 0 Å². The van der Waals surface area contributed by atoms with Crippen molar-refractivity contribution in [1.82, 2.24) is 4.31 Å². The number of hydrogen-bond acceptors (Lipinski definition) is 3. The van der Waals surface area contributed by atoms with E-state index in [1.807, 2.05) is 6.92 Å². The molecule has 0 saturated heterocycles. The molecule has 0 aromatic heterocycles. The third-order valence-corrected chi connectivity index (χ3v) is 4.57. The molecule has 0 aliphatic rings. The van der Waals surface area contributed by atoms with Crippen molar-refractivity contribution in [3.8, 4) is 0 Å². The first-order valence-electron chi connectivity index (χ1n) is 5.59. The minimum Gasteiger partial charge on any atom is -0.398 e. The van der Waals surface area contributed by atoms with Crippen molar-refractivity contribution in [3.63, 3.8) is 0 Å². The largest absolute Gasteiger partial charge is 0.398 e. The Bertz CT molecular complexity index is 529. The number of anilines is 1. The van der Waals surface area contributed by atoms with Crippen LogP contribution in [-0.2, 0) is 10.0 Å². The van der Waals surface area contributed by atoms with E-state index in [2.05, 4.69) is 6.58 Å². The normalized spacial score (nSPS) is 11.7. The van der Waals surface area contributed by atoms with Crippen LogP contribution in [0.4, 0.5) is 5.69 Å². The monoisotopic (exact) mass is 288 g/mol. The Morgan fingerprint density at radius 3 is 2.67 bits per heavy atom. The van der Waals surface area contributed by atoms with Gasteiger partial charge in [0.05, 0.1) is 5.69 Å². The van der Waals surface area contributed by atoms with Crippen LogP contribution in [0.25, 0.3) is 0 Å². The van der Waals surface area contributed by atoms with Crippen molar-refractivity contribution in [2.45, 2.75) is 18.2 Å². The molecular formula is C12H17ClN2O2S. The lowest BCUT2D eigenvalue weighted by Gasteiger charge is -2.20. The maximum Gasteiger partial charge on any atom is 0.245 e. The molecule has 0 atom stereocenters. The second kappa shape index (κ2) is 6.22. The van der Waals surface area contributed by atoms with Gasteiger partial charge in [0.2, 0.25) is 10.0 Å². The summed E-state index contributed by atoms with van der Waals surface area (Å²) in [4.78, 5) is 0.0854. The first-order chi connectivity index (χ1) is 8.43. The number of benzene rings is 1. The van der Waals surface area contributed by atoms with Gasteiger partial charge in [-0.2, -0.15) is 4.31 Å². The maximum atomic E-state index is 12.4. The molecule has 0 saturated carbocycles. The van der Waals surface area contributed by atoms with Gasteiger partial charge in [-0.15, -0.1) is 6.58 Å². The van der Waals surface area contributed by atoms with E-state index in [4.69, 9.17) is 17.3 Å². The zero-order valence-electron chi connectivity index (χ0n) is 10.3. The molecule has 0 bridgehead atoms. The molecule has 18 heavy (non-hydrogen) atoms. The number of sulfonamides is 1. The number of hydrogen-bond donors (Lipinski definition) is 1. The average molecular weight is 289 g/mol. The van der Waals surface area contributed by atoms with Crippen LogP contribution < -0.4 is 5.73 Å². The number of nitrogen functional groups attached to an aromatic ring is 1. The zero-order valence-corrected chi connectivity index (χ0v) is 11.8. The Kier molecular flexibility index (Phi) is 5.19. The molecule has 0 fully saturated rings. The summed E-state index contributed by atoms with van der Waals surface area (Å²) in [5.74, 6) is 0. The van der Waals surface area contributed by atoms with Crippen LogP contribution in [0.3, 0.4) is 0 Å². The first kappa shape index (κ1) is 15.0. The third kappa shape index (κ3) is 3.25. The summed E-state index contributed by atoms with van der Waals surface area (Å²) in [6.07, 6.45) is 2.28. The number of nitrogens with two attached hydrogens (primary N) is 1. The van der Waals surface area contributed by atoms with Gasteiger partial charge in [0, 0.05) is 18.1 Å². The minimum atomic E-state index is -3.59. The molecule has 1 aromatic rings. The van der Waals surface area contributed by atoms with Gasteiger partial charge in [0.1, 0.15) is 4.90 Å². The van der Waals surface area contributed by atoms with Crippen molar-refractivity contribution in [1.29, 1.82) is 0 Å². The van der Waals surface area contributed by atoms with Crippen LogP contribution in [0.15, 0.2) is 35.7 Å². The van der Waals surface area contributed by atoms with Gasteiger partial charge in [-0.1, -0.05) is 24.6 Å². The van der Waals surface area contributed by atoms with Crippen LogP contribution in [0, 0.1) is 0 Å². The van der Waals surface area contributed by atoms with Crippen LogP contribution in [0.2, 0.25) is 5.02 Å². The average Bonchev–Trinajstić information content (AvgIpc) is 2.28. The lowest BCUT2D eigenvalue weighted by molar-refractivity contribution is 0.442. The molecule has 0 radical (unpaired) electrons. The van der Waals surface area contributed by atoms with Gasteiger partial charge < -0.3 is 5.73 Å². The zero-order chi connectivity index (χ0) is 13.8. The molecule has 1 aromatic carbocycles. The lowest BCUT2D eigenvalue weighted by Crippen LogP contribution is -2.32. The Morgan fingerprint density at radius 1 is 1.50 bits per heavy atom. The highest BCUT2D eigenvalue weighted by Gasteiger charge is 2.24. The highest BCUT2D eigenvalue weighted by atomic mass is 35.5. The highest BCUT2D eigenvalue weighted by molar-refractivity contribution is 7.89. The van der Waals surface area contributed by atoms with E-state index in [9.17, 15) is 8.42 Å². The van der Waals surface area contributed by atoms with Gasteiger partial charge in [0.25, 0.3) is 0 Å². The Balaban J connectivity index is 3.21. The van der Waals surface area contributed by atoms with E-state index in [-0.39, 0.29) is 17.1 Å². The van der Waals surface area contributed by atoms with Crippen molar-refractivity contribution < 1.29 is 8.42 Å². The lowest BCUT2D eigenvalue weighted by atomic mass is 10.3. The predicted molar refractivity (Wildman–Crippen MR) is 75.1 cm³/mol.